The fourth-order valence-corrected chi connectivity index (χ4v) is 8.78. The Balaban J connectivity index is 1.19. The van der Waals surface area contributed by atoms with Gasteiger partial charge in [0.1, 0.15) is 5.75 Å². The Hall–Kier alpha value is -2.79. The first kappa shape index (κ1) is 21.5. The monoisotopic (exact) mass is 483 g/mol. The van der Waals surface area contributed by atoms with Gasteiger partial charge in [0.15, 0.2) is 0 Å². The minimum atomic E-state index is -0.348. The summed E-state index contributed by atoms with van der Waals surface area (Å²) in [5.74, 6) is 2.79. The van der Waals surface area contributed by atoms with Gasteiger partial charge >= 0.3 is 0 Å². The van der Waals surface area contributed by atoms with Gasteiger partial charge in [-0.25, -0.2) is 0 Å². The molecule has 3 aromatic carbocycles. The third kappa shape index (κ3) is 3.67. The summed E-state index contributed by atoms with van der Waals surface area (Å²) in [7, 11) is 0. The molecule has 1 atom stereocenters. The van der Waals surface area contributed by atoms with Crippen LogP contribution in [0.15, 0.2) is 54.6 Å². The van der Waals surface area contributed by atoms with Crippen LogP contribution in [0.5, 0.6) is 5.75 Å². The van der Waals surface area contributed by atoms with Crippen molar-refractivity contribution in [3.05, 3.63) is 65.7 Å². The molecule has 2 N–H and O–H groups in total. The summed E-state index contributed by atoms with van der Waals surface area (Å²) in [6.45, 7) is 0. The van der Waals surface area contributed by atoms with E-state index in [1.54, 1.807) is 0 Å². The van der Waals surface area contributed by atoms with Gasteiger partial charge in [-0.3, -0.25) is 14.9 Å². The molecule has 5 heteroatoms. The van der Waals surface area contributed by atoms with E-state index < -0.39 is 0 Å². The summed E-state index contributed by atoms with van der Waals surface area (Å²) < 4.78 is 0. The number of fused-ring (bicyclic) bond motifs is 1. The van der Waals surface area contributed by atoms with Crippen LogP contribution in [0.2, 0.25) is 0 Å². The first-order valence-corrected chi connectivity index (χ1v) is 13.7. The predicted molar refractivity (Wildman–Crippen MR) is 140 cm³/mol. The van der Waals surface area contributed by atoms with E-state index in [1.807, 2.05) is 12.1 Å². The van der Waals surface area contributed by atoms with Crippen molar-refractivity contribution in [1.82, 2.24) is 5.32 Å². The maximum Gasteiger partial charge on any atom is 0.286 e. The van der Waals surface area contributed by atoms with Gasteiger partial charge in [0.2, 0.25) is 5.91 Å². The lowest BCUT2D eigenvalue weighted by Crippen LogP contribution is -2.48. The molecule has 1 unspecified atom stereocenters. The maximum atomic E-state index is 11.9. The third-order valence-electron chi connectivity index (χ3n) is 9.03. The Morgan fingerprint density at radius 1 is 0.829 bits per heavy atom. The lowest BCUT2D eigenvalue weighted by Gasteiger charge is -2.57. The van der Waals surface area contributed by atoms with Crippen LogP contribution < -0.4 is 5.32 Å². The van der Waals surface area contributed by atoms with Gasteiger partial charge in [-0.2, -0.15) is 0 Å². The van der Waals surface area contributed by atoms with Gasteiger partial charge in [-0.1, -0.05) is 48.2 Å². The molecule has 1 heterocycles. The van der Waals surface area contributed by atoms with Crippen LogP contribution in [0.1, 0.15) is 49.7 Å². The summed E-state index contributed by atoms with van der Waals surface area (Å²) in [6.07, 6.45) is 8.44. The summed E-state index contributed by atoms with van der Waals surface area (Å²) in [5.41, 5.74) is 4.71. The molecule has 3 aromatic rings. The van der Waals surface area contributed by atoms with Crippen molar-refractivity contribution >= 4 is 33.7 Å². The Labute approximate surface area is 209 Å². The van der Waals surface area contributed by atoms with E-state index in [0.717, 1.165) is 57.0 Å². The fourth-order valence-electron chi connectivity index (χ4n) is 7.92. The summed E-state index contributed by atoms with van der Waals surface area (Å²) in [4.78, 5) is 23.4. The molecular weight excluding hydrogens is 454 g/mol. The van der Waals surface area contributed by atoms with Crippen LogP contribution >= 0.6 is 11.8 Å². The quantitative estimate of drug-likeness (QED) is 0.440. The molecule has 1 saturated heterocycles. The molecule has 35 heavy (non-hydrogen) atoms. The molecule has 4 nitrogen and oxygen atoms in total. The number of phenolic OH excluding ortho intramolecular Hbond substituents is 1. The van der Waals surface area contributed by atoms with Crippen LogP contribution in [-0.2, 0) is 16.6 Å². The molecule has 8 rings (SSSR count). The smallest absolute Gasteiger partial charge is 0.286 e. The molecule has 1 aliphatic heterocycles. The van der Waals surface area contributed by atoms with Crippen molar-refractivity contribution < 1.29 is 14.7 Å². The topological polar surface area (TPSA) is 66.4 Å². The lowest BCUT2D eigenvalue weighted by molar-refractivity contribution is -0.118. The average Bonchev–Trinajstić information content (AvgIpc) is 3.14. The highest BCUT2D eigenvalue weighted by atomic mass is 32.2. The molecule has 178 valence electrons. The van der Waals surface area contributed by atoms with Gasteiger partial charge < -0.3 is 5.11 Å². The van der Waals surface area contributed by atoms with E-state index >= 15 is 0 Å². The highest BCUT2D eigenvalue weighted by molar-refractivity contribution is 8.15. The summed E-state index contributed by atoms with van der Waals surface area (Å²) >= 11 is 1.08. The normalized spacial score (nSPS) is 31.3. The standard InChI is InChI=1S/C30H29NO3S/c32-26-6-5-24(13-25(26)30-14-18-7-19(15-30)9-20(8-18)16-30)23-4-3-21-10-17(1-2-22(21)12-23)11-27-28(33)31-29(34)35-27/h1-6,10,12-13,18-20,27,32H,7-9,11,14-16H2,(H,31,33,34). The number of carbonyl (C=O) groups is 2. The minimum absolute atomic E-state index is 0.159. The number of rotatable bonds is 4. The summed E-state index contributed by atoms with van der Waals surface area (Å²) in [5, 5.41) is 15.0. The summed E-state index contributed by atoms with van der Waals surface area (Å²) in [6, 6.07) is 19.0. The molecule has 5 aliphatic rings. The maximum absolute atomic E-state index is 11.9. The van der Waals surface area contributed by atoms with E-state index in [0.29, 0.717) is 12.2 Å². The number of phenols is 1. The zero-order chi connectivity index (χ0) is 23.7. The van der Waals surface area contributed by atoms with E-state index in [1.165, 1.54) is 44.1 Å². The first-order chi connectivity index (χ1) is 16.9. The number of nitrogens with one attached hydrogen (secondary N) is 1. The van der Waals surface area contributed by atoms with Crippen LogP contribution in [0.3, 0.4) is 0 Å². The van der Waals surface area contributed by atoms with E-state index in [9.17, 15) is 14.7 Å². The van der Waals surface area contributed by atoms with E-state index in [4.69, 9.17) is 0 Å². The number of benzene rings is 3. The molecule has 4 saturated carbocycles. The van der Waals surface area contributed by atoms with Gasteiger partial charge in [0.05, 0.1) is 5.25 Å². The molecule has 4 bridgehead atoms. The Kier molecular flexibility index (Phi) is 4.82. The van der Waals surface area contributed by atoms with Gasteiger partial charge in [-0.15, -0.1) is 0 Å². The van der Waals surface area contributed by atoms with E-state index in [2.05, 4.69) is 47.8 Å². The second kappa shape index (κ2) is 7.86. The van der Waals surface area contributed by atoms with Crippen molar-refractivity contribution in [2.75, 3.05) is 0 Å². The average molecular weight is 484 g/mol. The Morgan fingerprint density at radius 2 is 1.46 bits per heavy atom. The number of hydrogen-bond donors (Lipinski definition) is 2. The molecule has 0 radical (unpaired) electrons. The molecule has 0 aromatic heterocycles. The highest BCUT2D eigenvalue weighted by Crippen LogP contribution is 2.62. The number of imide groups is 1. The second-order valence-corrected chi connectivity index (χ2v) is 12.6. The zero-order valence-electron chi connectivity index (χ0n) is 19.6. The van der Waals surface area contributed by atoms with Crippen LogP contribution in [0.4, 0.5) is 4.79 Å². The fraction of sp³-hybridized carbons (Fsp3) is 0.400. The van der Waals surface area contributed by atoms with Crippen LogP contribution in [-0.4, -0.2) is 21.5 Å². The number of thioether (sulfide) groups is 1. The van der Waals surface area contributed by atoms with Gasteiger partial charge in [0.25, 0.3) is 5.24 Å². The van der Waals surface area contributed by atoms with Crippen molar-refractivity contribution in [1.29, 1.82) is 0 Å². The molecule has 4 aliphatic carbocycles. The zero-order valence-corrected chi connectivity index (χ0v) is 20.4. The van der Waals surface area contributed by atoms with Crippen molar-refractivity contribution in [3.8, 4) is 16.9 Å². The number of hydrogen-bond acceptors (Lipinski definition) is 4. The SMILES string of the molecule is O=C1NC(=O)C(Cc2ccc3cc(-c4ccc(O)c(C56CC7CC(CC(C7)C5)C6)c4)ccc3c2)S1. The number of amides is 2. The van der Waals surface area contributed by atoms with Crippen LogP contribution in [0, 0.1) is 17.8 Å². The third-order valence-corrected chi connectivity index (χ3v) is 10.0. The van der Waals surface area contributed by atoms with Gasteiger partial charge in [-0.05, 0) is 114 Å². The number of aromatic hydroxyl groups is 1. The minimum Gasteiger partial charge on any atom is -0.508 e. The molecular formula is C30H29NO3S. The first-order valence-electron chi connectivity index (χ1n) is 12.8. The second-order valence-electron chi connectivity index (χ2n) is 11.4. The molecule has 2 amide bonds. The predicted octanol–water partition coefficient (Wildman–Crippen LogP) is 6.57. The van der Waals surface area contributed by atoms with Crippen molar-refractivity contribution in [3.63, 3.8) is 0 Å². The highest BCUT2D eigenvalue weighted by Gasteiger charge is 2.52. The largest absolute Gasteiger partial charge is 0.508 e. The lowest BCUT2D eigenvalue weighted by atomic mass is 9.48. The van der Waals surface area contributed by atoms with E-state index in [-0.39, 0.29) is 21.8 Å². The van der Waals surface area contributed by atoms with Crippen molar-refractivity contribution in [2.24, 2.45) is 17.8 Å². The number of carbonyl (C=O) groups excluding carboxylic acids is 2. The van der Waals surface area contributed by atoms with Gasteiger partial charge in [0, 0.05) is 5.56 Å². The Morgan fingerprint density at radius 3 is 2.14 bits per heavy atom. The Bertz CT molecular complexity index is 1340. The molecule has 0 spiro atoms. The molecule has 5 fully saturated rings. The van der Waals surface area contributed by atoms with Crippen molar-refractivity contribution in [2.45, 2.75) is 55.6 Å². The van der Waals surface area contributed by atoms with Crippen LogP contribution in [0.25, 0.3) is 21.9 Å².